The minimum atomic E-state index is -3.81. The molecule has 156 valence electrons. The predicted molar refractivity (Wildman–Crippen MR) is 110 cm³/mol. The highest BCUT2D eigenvalue weighted by molar-refractivity contribution is 7.89. The number of pyridine rings is 1. The average molecular weight is 429 g/mol. The Bertz CT molecular complexity index is 1200. The lowest BCUT2D eigenvalue weighted by Gasteiger charge is -2.19. The van der Waals surface area contributed by atoms with Crippen LogP contribution in [0.3, 0.4) is 0 Å². The fraction of sp³-hybridized carbons (Fsp3) is 0.250. The van der Waals surface area contributed by atoms with Crippen molar-refractivity contribution in [1.29, 1.82) is 0 Å². The van der Waals surface area contributed by atoms with Crippen molar-refractivity contribution in [2.45, 2.75) is 17.1 Å². The first-order valence-electron chi connectivity index (χ1n) is 9.30. The molecule has 1 aliphatic heterocycles. The molecule has 3 aromatic rings. The third-order valence-electron chi connectivity index (χ3n) is 5.02. The van der Waals surface area contributed by atoms with Crippen molar-refractivity contribution in [3.05, 3.63) is 71.3 Å². The van der Waals surface area contributed by atoms with Crippen molar-refractivity contribution >= 4 is 16.0 Å². The Kier molecular flexibility index (Phi) is 5.35. The van der Waals surface area contributed by atoms with E-state index in [1.54, 1.807) is 42.7 Å². The molecule has 0 radical (unpaired) electrons. The third-order valence-corrected chi connectivity index (χ3v) is 6.87. The van der Waals surface area contributed by atoms with Crippen LogP contribution in [-0.2, 0) is 17.1 Å². The van der Waals surface area contributed by atoms with Gasteiger partial charge in [-0.2, -0.15) is 4.31 Å². The summed E-state index contributed by atoms with van der Waals surface area (Å²) in [4.78, 5) is 20.9. The second-order valence-corrected chi connectivity index (χ2v) is 8.94. The first kappa shape index (κ1) is 20.2. The lowest BCUT2D eigenvalue weighted by atomic mass is 10.2. The van der Waals surface area contributed by atoms with Crippen LogP contribution < -0.4 is 10.9 Å². The standard InChI is InChI=1S/C20H20FN5O3S/c1-25-19(27)11-17(14-7-9-22-10-8-14)23-20(25)24-18-13-26(12-16(18)21)30(28,29)15-5-3-2-4-6-15/h2-11,16,18H,12-13H2,1H3,(H,23,24)/t16-,18+/m0/s1. The van der Waals surface area contributed by atoms with Gasteiger partial charge >= 0.3 is 0 Å². The van der Waals surface area contributed by atoms with Crippen LogP contribution >= 0.6 is 0 Å². The van der Waals surface area contributed by atoms with E-state index in [-0.39, 0.29) is 29.5 Å². The molecular formula is C20H20FN5O3S. The summed E-state index contributed by atoms with van der Waals surface area (Å²) in [6, 6.07) is 11.9. The summed E-state index contributed by atoms with van der Waals surface area (Å²) in [6.07, 6.45) is 1.72. The van der Waals surface area contributed by atoms with Gasteiger partial charge in [-0.05, 0) is 24.3 Å². The van der Waals surface area contributed by atoms with Crippen molar-refractivity contribution < 1.29 is 12.8 Å². The van der Waals surface area contributed by atoms with E-state index >= 15 is 0 Å². The van der Waals surface area contributed by atoms with Gasteiger partial charge in [0.1, 0.15) is 6.17 Å². The van der Waals surface area contributed by atoms with E-state index in [1.165, 1.54) is 29.8 Å². The lowest BCUT2D eigenvalue weighted by Crippen LogP contribution is -2.34. The summed E-state index contributed by atoms with van der Waals surface area (Å²) in [5.74, 6) is 0.168. The highest BCUT2D eigenvalue weighted by Gasteiger charge is 2.40. The molecule has 3 heterocycles. The van der Waals surface area contributed by atoms with Gasteiger partial charge < -0.3 is 5.32 Å². The van der Waals surface area contributed by atoms with Crippen molar-refractivity contribution in [2.24, 2.45) is 7.05 Å². The second-order valence-electron chi connectivity index (χ2n) is 7.00. The molecule has 30 heavy (non-hydrogen) atoms. The van der Waals surface area contributed by atoms with E-state index < -0.39 is 22.2 Å². The smallest absolute Gasteiger partial charge is 0.255 e. The van der Waals surface area contributed by atoms with Gasteiger partial charge in [0, 0.05) is 44.2 Å². The Labute approximate surface area is 173 Å². The van der Waals surface area contributed by atoms with Crippen molar-refractivity contribution in [3.63, 3.8) is 0 Å². The Morgan fingerprint density at radius 2 is 1.80 bits per heavy atom. The van der Waals surface area contributed by atoms with Crippen LogP contribution in [0.1, 0.15) is 0 Å². The normalized spacial score (nSPS) is 19.7. The maximum absolute atomic E-state index is 14.7. The summed E-state index contributed by atoms with van der Waals surface area (Å²) in [7, 11) is -2.29. The molecule has 4 rings (SSSR count). The van der Waals surface area contributed by atoms with Gasteiger partial charge in [-0.25, -0.2) is 17.8 Å². The number of aromatic nitrogens is 3. The molecule has 0 bridgehead atoms. The molecule has 1 aliphatic rings. The van der Waals surface area contributed by atoms with Crippen LogP contribution in [-0.4, -0.2) is 52.6 Å². The molecule has 1 fully saturated rings. The van der Waals surface area contributed by atoms with E-state index in [1.807, 2.05) is 0 Å². The monoisotopic (exact) mass is 429 g/mol. The molecule has 0 saturated carbocycles. The van der Waals surface area contributed by atoms with Gasteiger partial charge in [0.15, 0.2) is 0 Å². The first-order valence-corrected chi connectivity index (χ1v) is 10.7. The number of hydrogen-bond acceptors (Lipinski definition) is 6. The van der Waals surface area contributed by atoms with Gasteiger partial charge in [0.05, 0.1) is 16.6 Å². The molecule has 0 amide bonds. The third kappa shape index (κ3) is 3.83. The van der Waals surface area contributed by atoms with Crippen LogP contribution in [0.4, 0.5) is 10.3 Å². The van der Waals surface area contributed by atoms with E-state index in [4.69, 9.17) is 0 Å². The summed E-state index contributed by atoms with van der Waals surface area (Å²) < 4.78 is 42.7. The summed E-state index contributed by atoms with van der Waals surface area (Å²) in [5.41, 5.74) is 0.800. The molecule has 1 saturated heterocycles. The van der Waals surface area contributed by atoms with Gasteiger partial charge in [0.2, 0.25) is 16.0 Å². The fourth-order valence-corrected chi connectivity index (χ4v) is 4.80. The largest absolute Gasteiger partial charge is 0.349 e. The zero-order valence-electron chi connectivity index (χ0n) is 16.1. The first-order chi connectivity index (χ1) is 14.4. The van der Waals surface area contributed by atoms with Crippen LogP contribution in [0.5, 0.6) is 0 Å². The molecule has 1 N–H and O–H groups in total. The number of nitrogens with one attached hydrogen (secondary N) is 1. The molecule has 8 nitrogen and oxygen atoms in total. The molecule has 0 aliphatic carbocycles. The number of halogens is 1. The zero-order chi connectivity index (χ0) is 21.3. The van der Waals surface area contributed by atoms with Crippen molar-refractivity contribution in [3.8, 4) is 11.3 Å². The molecule has 0 unspecified atom stereocenters. The number of anilines is 1. The highest BCUT2D eigenvalue weighted by atomic mass is 32.2. The lowest BCUT2D eigenvalue weighted by molar-refractivity contribution is 0.329. The second kappa shape index (κ2) is 7.96. The SMILES string of the molecule is Cn1c(N[C@@H]2CN(S(=O)(=O)c3ccccc3)C[C@@H]2F)nc(-c2ccncc2)cc1=O. The van der Waals surface area contributed by atoms with Crippen LogP contribution in [0.2, 0.25) is 0 Å². The maximum Gasteiger partial charge on any atom is 0.255 e. The Hall–Kier alpha value is -3.11. The Balaban J connectivity index is 1.59. The summed E-state index contributed by atoms with van der Waals surface area (Å²) >= 11 is 0. The Morgan fingerprint density at radius 1 is 1.10 bits per heavy atom. The van der Waals surface area contributed by atoms with Gasteiger partial charge in [-0.15, -0.1) is 0 Å². The maximum atomic E-state index is 14.7. The molecule has 2 atom stereocenters. The number of nitrogens with zero attached hydrogens (tertiary/aromatic N) is 4. The molecule has 10 heteroatoms. The van der Waals surface area contributed by atoms with Crippen LogP contribution in [0.15, 0.2) is 70.6 Å². The Morgan fingerprint density at radius 3 is 2.50 bits per heavy atom. The average Bonchev–Trinajstić information content (AvgIpc) is 3.13. The van der Waals surface area contributed by atoms with Gasteiger partial charge in [0.25, 0.3) is 5.56 Å². The summed E-state index contributed by atoms with van der Waals surface area (Å²) in [6.45, 7) is -0.347. The molecular weight excluding hydrogens is 409 g/mol. The predicted octanol–water partition coefficient (Wildman–Crippen LogP) is 1.67. The molecule has 2 aromatic heterocycles. The van der Waals surface area contributed by atoms with E-state index in [2.05, 4.69) is 15.3 Å². The van der Waals surface area contributed by atoms with E-state index in [0.717, 1.165) is 4.31 Å². The topological polar surface area (TPSA) is 97.2 Å². The fourth-order valence-electron chi connectivity index (χ4n) is 3.31. The molecule has 0 spiro atoms. The summed E-state index contributed by atoms with van der Waals surface area (Å²) in [5, 5.41) is 2.92. The van der Waals surface area contributed by atoms with Crippen LogP contribution in [0.25, 0.3) is 11.3 Å². The number of rotatable bonds is 5. The van der Waals surface area contributed by atoms with E-state index in [9.17, 15) is 17.6 Å². The van der Waals surface area contributed by atoms with E-state index in [0.29, 0.717) is 11.3 Å². The van der Waals surface area contributed by atoms with Gasteiger partial charge in [-0.3, -0.25) is 14.3 Å². The number of benzene rings is 1. The highest BCUT2D eigenvalue weighted by Crippen LogP contribution is 2.25. The number of sulfonamides is 1. The quantitative estimate of drug-likeness (QED) is 0.663. The van der Waals surface area contributed by atoms with Crippen LogP contribution in [0, 0.1) is 0 Å². The minimum absolute atomic E-state index is 0.0756. The zero-order valence-corrected chi connectivity index (χ0v) is 17.0. The molecule has 1 aromatic carbocycles. The minimum Gasteiger partial charge on any atom is -0.349 e. The number of alkyl halides is 1. The number of hydrogen-bond donors (Lipinski definition) is 1. The van der Waals surface area contributed by atoms with Crippen molar-refractivity contribution in [1.82, 2.24) is 18.8 Å². The van der Waals surface area contributed by atoms with Crippen molar-refractivity contribution in [2.75, 3.05) is 18.4 Å². The van der Waals surface area contributed by atoms with Gasteiger partial charge in [-0.1, -0.05) is 18.2 Å².